The molecule has 172 valence electrons. The Bertz CT molecular complexity index is 992. The molecule has 1 amide bonds. The molecule has 32 heavy (non-hydrogen) atoms. The van der Waals surface area contributed by atoms with Crippen molar-refractivity contribution in [1.82, 2.24) is 9.88 Å². The van der Waals surface area contributed by atoms with Crippen LogP contribution in [-0.4, -0.2) is 34.7 Å². The highest BCUT2D eigenvalue weighted by Gasteiger charge is 2.35. The van der Waals surface area contributed by atoms with Crippen molar-refractivity contribution in [3.63, 3.8) is 0 Å². The molecule has 1 unspecified atom stereocenters. The third kappa shape index (κ3) is 5.55. The highest BCUT2D eigenvalue weighted by Crippen LogP contribution is 2.46. The Hall–Kier alpha value is -1.85. The topological polar surface area (TPSA) is 42.4 Å². The minimum absolute atomic E-state index is 0.153. The van der Waals surface area contributed by atoms with Crippen LogP contribution in [-0.2, 0) is 4.74 Å². The number of aromatic nitrogens is 1. The lowest BCUT2D eigenvalue weighted by Crippen LogP contribution is -2.42. The molecule has 1 aromatic heterocycles. The summed E-state index contributed by atoms with van der Waals surface area (Å²) in [6, 6.07) is 10.2. The van der Waals surface area contributed by atoms with Crippen LogP contribution in [0.2, 0.25) is 5.02 Å². The van der Waals surface area contributed by atoms with Gasteiger partial charge < -0.3 is 9.64 Å². The molecular formula is C26H32BrClN2O2. The third-order valence-electron chi connectivity index (χ3n) is 5.72. The second-order valence-corrected chi connectivity index (χ2v) is 10.3. The van der Waals surface area contributed by atoms with E-state index in [0.29, 0.717) is 19.0 Å². The van der Waals surface area contributed by atoms with E-state index in [4.69, 9.17) is 21.3 Å². The Morgan fingerprint density at radius 3 is 2.53 bits per heavy atom. The summed E-state index contributed by atoms with van der Waals surface area (Å²) in [5.74, 6) is 0.532. The summed E-state index contributed by atoms with van der Waals surface area (Å²) < 4.78 is 6.58. The number of carbonyl (C=O) groups excluding carboxylic acids is 1. The van der Waals surface area contributed by atoms with E-state index >= 15 is 0 Å². The van der Waals surface area contributed by atoms with Gasteiger partial charge >= 0.3 is 6.09 Å². The predicted molar refractivity (Wildman–Crippen MR) is 136 cm³/mol. The standard InChI is InChI=1S/C24H26BrClN2O2.C2H6/c1-24(2,3)30-23(29)28-11-8-15(9-12-28)21-18-7-6-17(26)14-19(18)20(25)13-16-5-4-10-27-22(16)21;1-2/h4-7,10,13-15,21H,8-9,11-12H2,1-3H3;1-2H3. The fraction of sp³-hybridized carbons (Fsp3) is 0.462. The van der Waals surface area contributed by atoms with Crippen molar-refractivity contribution in [3.05, 3.63) is 63.9 Å². The van der Waals surface area contributed by atoms with E-state index in [-0.39, 0.29) is 12.0 Å². The Morgan fingerprint density at radius 2 is 1.88 bits per heavy atom. The smallest absolute Gasteiger partial charge is 0.410 e. The Balaban J connectivity index is 0.00000141. The number of ether oxygens (including phenoxy) is 1. The summed E-state index contributed by atoms with van der Waals surface area (Å²) in [5, 5.41) is 0.719. The summed E-state index contributed by atoms with van der Waals surface area (Å²) >= 11 is 10.1. The van der Waals surface area contributed by atoms with Crippen LogP contribution in [0.4, 0.5) is 4.79 Å². The predicted octanol–water partition coefficient (Wildman–Crippen LogP) is 7.75. The van der Waals surface area contributed by atoms with Gasteiger partial charge in [0.2, 0.25) is 0 Å². The molecule has 0 bridgehead atoms. The van der Waals surface area contributed by atoms with Crippen LogP contribution in [0.25, 0.3) is 10.6 Å². The molecular weight excluding hydrogens is 488 g/mol. The van der Waals surface area contributed by atoms with Crippen LogP contribution in [0.5, 0.6) is 0 Å². The first-order valence-electron chi connectivity index (χ1n) is 11.3. The molecule has 2 aromatic rings. The van der Waals surface area contributed by atoms with Gasteiger partial charge in [0.15, 0.2) is 0 Å². The van der Waals surface area contributed by atoms with Crippen LogP contribution in [0.15, 0.2) is 36.5 Å². The van der Waals surface area contributed by atoms with Crippen LogP contribution >= 0.6 is 27.5 Å². The number of rotatable bonds is 1. The number of carbonyl (C=O) groups is 1. The van der Waals surface area contributed by atoms with Crippen molar-refractivity contribution < 1.29 is 9.53 Å². The first-order chi connectivity index (χ1) is 15.2. The third-order valence-corrected chi connectivity index (χ3v) is 6.61. The minimum atomic E-state index is -0.478. The number of halogens is 2. The number of amides is 1. The highest BCUT2D eigenvalue weighted by molar-refractivity contribution is 9.15. The number of nitrogens with zero attached hydrogens (tertiary/aromatic N) is 2. The summed E-state index contributed by atoms with van der Waals surface area (Å²) in [6.45, 7) is 11.1. The molecule has 1 atom stereocenters. The summed E-state index contributed by atoms with van der Waals surface area (Å²) in [6.07, 6.45) is 5.58. The average Bonchev–Trinajstić information content (AvgIpc) is 2.88. The first-order valence-corrected chi connectivity index (χ1v) is 12.5. The minimum Gasteiger partial charge on any atom is -0.444 e. The quantitative estimate of drug-likeness (QED) is 0.387. The van der Waals surface area contributed by atoms with Crippen LogP contribution in [0.1, 0.15) is 75.8 Å². The molecule has 1 saturated heterocycles. The number of benzene rings is 1. The van der Waals surface area contributed by atoms with Crippen molar-refractivity contribution in [2.24, 2.45) is 5.92 Å². The van der Waals surface area contributed by atoms with Crippen molar-refractivity contribution in [1.29, 1.82) is 0 Å². The van der Waals surface area contributed by atoms with E-state index in [9.17, 15) is 4.79 Å². The molecule has 6 heteroatoms. The van der Waals surface area contributed by atoms with E-state index < -0.39 is 5.60 Å². The van der Waals surface area contributed by atoms with Crippen molar-refractivity contribution in [2.45, 2.75) is 59.0 Å². The summed E-state index contributed by atoms with van der Waals surface area (Å²) in [4.78, 5) is 19.1. The highest BCUT2D eigenvalue weighted by atomic mass is 79.9. The van der Waals surface area contributed by atoms with Gasteiger partial charge in [-0.15, -0.1) is 0 Å². The second kappa shape index (κ2) is 10.4. The fourth-order valence-electron chi connectivity index (χ4n) is 4.40. The first kappa shape index (κ1) is 24.8. The largest absolute Gasteiger partial charge is 0.444 e. The van der Waals surface area contributed by atoms with Gasteiger partial charge in [0.1, 0.15) is 5.60 Å². The van der Waals surface area contributed by atoms with E-state index in [1.54, 1.807) is 0 Å². The average molecular weight is 520 g/mol. The normalized spacial score (nSPS) is 18.4. The lowest BCUT2D eigenvalue weighted by Gasteiger charge is -2.37. The summed E-state index contributed by atoms with van der Waals surface area (Å²) in [7, 11) is 0. The number of hydrogen-bond donors (Lipinski definition) is 0. The van der Waals surface area contributed by atoms with Gasteiger partial charge in [-0.25, -0.2) is 4.79 Å². The molecule has 1 aliphatic heterocycles. The van der Waals surface area contributed by atoms with Gasteiger partial charge in [0.05, 0.1) is 5.69 Å². The zero-order valence-electron chi connectivity index (χ0n) is 19.5. The monoisotopic (exact) mass is 518 g/mol. The molecule has 0 spiro atoms. The van der Waals surface area contributed by atoms with Crippen LogP contribution < -0.4 is 0 Å². The Labute approximate surface area is 205 Å². The van der Waals surface area contributed by atoms with E-state index in [2.05, 4.69) is 34.1 Å². The summed E-state index contributed by atoms with van der Waals surface area (Å²) in [5.41, 5.74) is 4.08. The molecule has 1 fully saturated rings. The molecule has 2 aliphatic rings. The number of likely N-dealkylation sites (tertiary alicyclic amines) is 1. The number of fused-ring (bicyclic) bond motifs is 2. The molecule has 4 rings (SSSR count). The van der Waals surface area contributed by atoms with Gasteiger partial charge in [-0.1, -0.05) is 53.5 Å². The van der Waals surface area contributed by atoms with Gasteiger partial charge in [0, 0.05) is 34.7 Å². The molecule has 1 aromatic carbocycles. The molecule has 0 radical (unpaired) electrons. The van der Waals surface area contributed by atoms with Gasteiger partial charge in [-0.2, -0.15) is 0 Å². The number of hydrogen-bond acceptors (Lipinski definition) is 3. The molecule has 4 nitrogen and oxygen atoms in total. The zero-order chi connectivity index (χ0) is 23.5. The Morgan fingerprint density at radius 1 is 1.19 bits per heavy atom. The number of pyridine rings is 1. The van der Waals surface area contributed by atoms with E-state index in [1.165, 1.54) is 5.56 Å². The zero-order valence-corrected chi connectivity index (χ0v) is 21.8. The second-order valence-electron chi connectivity index (χ2n) is 8.98. The maximum atomic E-state index is 12.5. The van der Waals surface area contributed by atoms with Gasteiger partial charge in [-0.3, -0.25) is 4.98 Å². The maximum Gasteiger partial charge on any atom is 0.410 e. The SMILES string of the molecule is CC.CC(C)(C)OC(=O)N1CCC(C2c3ccc(Cl)cc3C(Br)=Cc3cccnc32)CC1. The molecule has 0 N–H and O–H groups in total. The lowest BCUT2D eigenvalue weighted by atomic mass is 9.76. The fourth-order valence-corrected chi connectivity index (χ4v) is 5.16. The number of piperidine rings is 1. The molecule has 1 aliphatic carbocycles. The van der Waals surface area contributed by atoms with E-state index in [1.807, 2.05) is 63.9 Å². The Kier molecular flexibility index (Phi) is 8.05. The van der Waals surface area contributed by atoms with Gasteiger partial charge in [0.25, 0.3) is 0 Å². The van der Waals surface area contributed by atoms with Crippen molar-refractivity contribution in [2.75, 3.05) is 13.1 Å². The lowest BCUT2D eigenvalue weighted by molar-refractivity contribution is 0.0178. The maximum absolute atomic E-state index is 12.5. The van der Waals surface area contributed by atoms with Gasteiger partial charge in [-0.05, 0) is 80.5 Å². The molecule has 2 heterocycles. The van der Waals surface area contributed by atoms with Crippen molar-refractivity contribution >= 4 is 44.2 Å². The van der Waals surface area contributed by atoms with Crippen molar-refractivity contribution in [3.8, 4) is 0 Å². The van der Waals surface area contributed by atoms with Crippen LogP contribution in [0.3, 0.4) is 0 Å². The molecule has 0 saturated carbocycles. The van der Waals surface area contributed by atoms with E-state index in [0.717, 1.165) is 39.2 Å². The van der Waals surface area contributed by atoms with Crippen LogP contribution in [0, 0.1) is 5.92 Å².